The predicted octanol–water partition coefficient (Wildman–Crippen LogP) is 2.60. The van der Waals surface area contributed by atoms with Gasteiger partial charge in [0.25, 0.3) is 0 Å². The number of nitrogens with one attached hydrogen (secondary N) is 1. The maximum absolute atomic E-state index is 12.5. The maximum Gasteiger partial charge on any atom is 0.191 e. The Morgan fingerprint density at radius 3 is 2.96 bits per heavy atom. The smallest absolute Gasteiger partial charge is 0.191 e. The number of benzene rings is 1. The van der Waals surface area contributed by atoms with Crippen LogP contribution in [-0.4, -0.2) is 34.6 Å². The summed E-state index contributed by atoms with van der Waals surface area (Å²) < 4.78 is 0. The predicted molar refractivity (Wildman–Crippen MR) is 89.6 cm³/mol. The molecule has 0 aliphatic carbocycles. The van der Waals surface area contributed by atoms with E-state index in [0.717, 1.165) is 41.7 Å². The monoisotopic (exact) mass is 304 g/mol. The molecule has 23 heavy (non-hydrogen) atoms. The first-order valence-electron chi connectivity index (χ1n) is 7.59. The van der Waals surface area contributed by atoms with E-state index in [-0.39, 0.29) is 5.78 Å². The molecule has 4 rings (SSSR count). The Bertz CT molecular complexity index is 836. The molecule has 2 aromatic rings. The lowest BCUT2D eigenvalue weighted by Crippen LogP contribution is -2.36. The Kier molecular flexibility index (Phi) is 3.19. The summed E-state index contributed by atoms with van der Waals surface area (Å²) in [5, 5.41) is 3.35. The van der Waals surface area contributed by atoms with E-state index in [4.69, 9.17) is 0 Å². The highest BCUT2D eigenvalue weighted by Gasteiger charge is 2.29. The van der Waals surface area contributed by atoms with Crippen molar-refractivity contribution < 1.29 is 4.79 Å². The lowest BCUT2D eigenvalue weighted by atomic mass is 10.1. The number of aliphatic imine (C=N–C) groups is 1. The van der Waals surface area contributed by atoms with Gasteiger partial charge in [-0.3, -0.25) is 14.8 Å². The van der Waals surface area contributed by atoms with Crippen LogP contribution in [0.5, 0.6) is 0 Å². The molecule has 5 heteroatoms. The second kappa shape index (κ2) is 5.35. The number of ketones is 1. The number of aryl methyl sites for hydroxylation is 1. The number of allylic oxidation sites excluding steroid dienone is 1. The number of hydrogen-bond acceptors (Lipinski definition) is 5. The quantitative estimate of drug-likeness (QED) is 0.684. The molecule has 0 saturated heterocycles. The SMILES string of the molecule is Cc1ccc(C(=O)C=C2Nc3ccccc3C3=NCCN23)cn1. The van der Waals surface area contributed by atoms with Gasteiger partial charge in [-0.1, -0.05) is 12.1 Å². The Hall–Kier alpha value is -2.95. The fourth-order valence-electron chi connectivity index (χ4n) is 2.84. The molecule has 0 amide bonds. The van der Waals surface area contributed by atoms with Crippen LogP contribution in [0.2, 0.25) is 0 Å². The zero-order valence-electron chi connectivity index (χ0n) is 12.8. The van der Waals surface area contributed by atoms with Crippen LogP contribution < -0.4 is 5.32 Å². The van der Waals surface area contributed by atoms with Gasteiger partial charge >= 0.3 is 0 Å². The van der Waals surface area contributed by atoms with Crippen molar-refractivity contribution in [2.45, 2.75) is 6.92 Å². The Balaban J connectivity index is 1.71. The van der Waals surface area contributed by atoms with E-state index in [1.165, 1.54) is 0 Å². The van der Waals surface area contributed by atoms with Crippen LogP contribution in [0.4, 0.5) is 5.69 Å². The van der Waals surface area contributed by atoms with Crippen molar-refractivity contribution in [2.75, 3.05) is 18.4 Å². The zero-order valence-corrected chi connectivity index (χ0v) is 12.8. The number of nitrogens with zero attached hydrogens (tertiary/aromatic N) is 3. The van der Waals surface area contributed by atoms with Crippen LogP contribution in [-0.2, 0) is 0 Å². The molecule has 2 aliphatic heterocycles. The van der Waals surface area contributed by atoms with Crippen molar-refractivity contribution in [1.29, 1.82) is 0 Å². The number of pyridine rings is 1. The number of para-hydroxylation sites is 1. The third-order valence-corrected chi connectivity index (χ3v) is 4.03. The molecule has 1 aromatic carbocycles. The van der Waals surface area contributed by atoms with Gasteiger partial charge in [-0.15, -0.1) is 0 Å². The first-order valence-corrected chi connectivity index (χ1v) is 7.59. The minimum Gasteiger partial charge on any atom is -0.341 e. The zero-order chi connectivity index (χ0) is 15.8. The molecule has 1 N–H and O–H groups in total. The van der Waals surface area contributed by atoms with E-state index in [1.54, 1.807) is 18.3 Å². The van der Waals surface area contributed by atoms with E-state index in [0.29, 0.717) is 5.56 Å². The number of anilines is 1. The highest BCUT2D eigenvalue weighted by atomic mass is 16.1. The van der Waals surface area contributed by atoms with Gasteiger partial charge in [-0.25, -0.2) is 0 Å². The number of hydrogen-bond donors (Lipinski definition) is 1. The van der Waals surface area contributed by atoms with Crippen molar-refractivity contribution in [2.24, 2.45) is 4.99 Å². The molecular formula is C18H16N4O. The van der Waals surface area contributed by atoms with E-state index in [9.17, 15) is 4.79 Å². The summed E-state index contributed by atoms with van der Waals surface area (Å²) in [5.74, 6) is 1.64. The average Bonchev–Trinajstić information content (AvgIpc) is 3.06. The molecule has 0 radical (unpaired) electrons. The van der Waals surface area contributed by atoms with Crippen molar-refractivity contribution >= 4 is 17.3 Å². The molecule has 0 atom stereocenters. The molecule has 0 saturated carbocycles. The summed E-state index contributed by atoms with van der Waals surface area (Å²) in [5.41, 5.74) is 3.53. The van der Waals surface area contributed by atoms with Gasteiger partial charge in [0.05, 0.1) is 12.2 Å². The van der Waals surface area contributed by atoms with Crippen molar-refractivity contribution in [3.05, 3.63) is 71.3 Å². The van der Waals surface area contributed by atoms with Gasteiger partial charge in [0, 0.05) is 35.6 Å². The largest absolute Gasteiger partial charge is 0.341 e. The molecule has 0 bridgehead atoms. The molecular weight excluding hydrogens is 288 g/mol. The highest BCUT2D eigenvalue weighted by molar-refractivity contribution is 6.10. The van der Waals surface area contributed by atoms with E-state index in [2.05, 4.69) is 20.2 Å². The Labute approximate surface area is 134 Å². The van der Waals surface area contributed by atoms with E-state index < -0.39 is 0 Å². The summed E-state index contributed by atoms with van der Waals surface area (Å²) in [4.78, 5) is 23.3. The third-order valence-electron chi connectivity index (χ3n) is 4.03. The van der Waals surface area contributed by atoms with Gasteiger partial charge in [-0.05, 0) is 31.2 Å². The highest BCUT2D eigenvalue weighted by Crippen LogP contribution is 2.29. The summed E-state index contributed by atoms with van der Waals surface area (Å²) in [6, 6.07) is 11.7. The first kappa shape index (κ1) is 13.7. The summed E-state index contributed by atoms with van der Waals surface area (Å²) in [6.07, 6.45) is 3.24. The number of amidine groups is 1. The van der Waals surface area contributed by atoms with Crippen molar-refractivity contribution in [1.82, 2.24) is 9.88 Å². The van der Waals surface area contributed by atoms with Crippen LogP contribution in [0.25, 0.3) is 0 Å². The fourth-order valence-corrected chi connectivity index (χ4v) is 2.84. The number of fused-ring (bicyclic) bond motifs is 3. The standard InChI is InChI=1S/C18H16N4O/c1-12-6-7-13(11-20-12)16(23)10-17-21-15-5-3-2-4-14(15)18-19-8-9-22(17)18/h2-7,10-11,21H,8-9H2,1H3. The van der Waals surface area contributed by atoms with Gasteiger partial charge < -0.3 is 10.2 Å². The van der Waals surface area contributed by atoms with Crippen LogP contribution >= 0.6 is 0 Å². The van der Waals surface area contributed by atoms with Crippen LogP contribution in [0.15, 0.2) is 59.5 Å². The van der Waals surface area contributed by atoms with Gasteiger partial charge in [0.15, 0.2) is 5.78 Å². The lowest BCUT2D eigenvalue weighted by molar-refractivity contribution is 0.104. The molecule has 2 aliphatic rings. The first-order chi connectivity index (χ1) is 11.2. The topological polar surface area (TPSA) is 57.6 Å². The van der Waals surface area contributed by atoms with Crippen LogP contribution in [0.1, 0.15) is 21.6 Å². The number of carbonyl (C=O) groups is 1. The number of rotatable bonds is 2. The van der Waals surface area contributed by atoms with E-state index >= 15 is 0 Å². The summed E-state index contributed by atoms with van der Waals surface area (Å²) >= 11 is 0. The minimum atomic E-state index is -0.0642. The summed E-state index contributed by atoms with van der Waals surface area (Å²) in [6.45, 7) is 3.42. The summed E-state index contributed by atoms with van der Waals surface area (Å²) in [7, 11) is 0. The molecule has 0 unspecified atom stereocenters. The van der Waals surface area contributed by atoms with Gasteiger partial charge in [0.2, 0.25) is 0 Å². The van der Waals surface area contributed by atoms with Crippen molar-refractivity contribution in [3.8, 4) is 0 Å². The molecule has 1 aromatic heterocycles. The normalized spacial score (nSPS) is 17.3. The van der Waals surface area contributed by atoms with Gasteiger partial charge in [-0.2, -0.15) is 0 Å². The Morgan fingerprint density at radius 2 is 2.13 bits per heavy atom. The van der Waals surface area contributed by atoms with Crippen LogP contribution in [0, 0.1) is 6.92 Å². The molecule has 114 valence electrons. The molecule has 5 nitrogen and oxygen atoms in total. The Morgan fingerprint density at radius 1 is 1.26 bits per heavy atom. The average molecular weight is 304 g/mol. The number of aromatic nitrogens is 1. The van der Waals surface area contributed by atoms with E-state index in [1.807, 2.05) is 37.3 Å². The molecule has 3 heterocycles. The lowest BCUT2D eigenvalue weighted by Gasteiger charge is -2.31. The molecule has 0 spiro atoms. The second-order valence-corrected chi connectivity index (χ2v) is 5.61. The number of carbonyl (C=O) groups excluding carboxylic acids is 1. The minimum absolute atomic E-state index is 0.0642. The van der Waals surface area contributed by atoms with Crippen molar-refractivity contribution in [3.63, 3.8) is 0 Å². The van der Waals surface area contributed by atoms with Gasteiger partial charge in [0.1, 0.15) is 11.7 Å². The molecule has 0 fully saturated rings. The maximum atomic E-state index is 12.5. The third kappa shape index (κ3) is 2.40. The second-order valence-electron chi connectivity index (χ2n) is 5.61. The van der Waals surface area contributed by atoms with Crippen LogP contribution in [0.3, 0.4) is 0 Å². The fraction of sp³-hybridized carbons (Fsp3) is 0.167.